The smallest absolute Gasteiger partial charge is 0.184 e. The molecular formula is C17H16N4. The van der Waals surface area contributed by atoms with Crippen LogP contribution in [0.5, 0.6) is 0 Å². The standard InChI is InChI=1S/C17H16N4/c1-2-14-8-10-15(11-9-14)12-19-21-13-18-20-17(21)16-6-4-3-5-7-16/h3-13H,2H2,1H3/b19-12-. The summed E-state index contributed by atoms with van der Waals surface area (Å²) in [5, 5.41) is 12.5. The normalized spacial score (nSPS) is 11.1. The highest BCUT2D eigenvalue weighted by Gasteiger charge is 2.04. The molecule has 0 unspecified atom stereocenters. The molecule has 3 aromatic rings. The van der Waals surface area contributed by atoms with Crippen LogP contribution in [-0.2, 0) is 6.42 Å². The van der Waals surface area contributed by atoms with Crippen molar-refractivity contribution in [3.05, 3.63) is 72.1 Å². The largest absolute Gasteiger partial charge is 0.200 e. The van der Waals surface area contributed by atoms with E-state index in [0.717, 1.165) is 23.4 Å². The third-order valence-electron chi connectivity index (χ3n) is 3.28. The van der Waals surface area contributed by atoms with Gasteiger partial charge in [-0.15, -0.1) is 10.2 Å². The number of aromatic nitrogens is 3. The van der Waals surface area contributed by atoms with Crippen molar-refractivity contribution in [3.63, 3.8) is 0 Å². The molecule has 0 saturated carbocycles. The third kappa shape index (κ3) is 3.05. The van der Waals surface area contributed by atoms with Crippen molar-refractivity contribution in [2.75, 3.05) is 0 Å². The predicted octanol–water partition coefficient (Wildman–Crippen LogP) is 3.39. The lowest BCUT2D eigenvalue weighted by atomic mass is 10.1. The monoisotopic (exact) mass is 276 g/mol. The van der Waals surface area contributed by atoms with E-state index >= 15 is 0 Å². The fraction of sp³-hybridized carbons (Fsp3) is 0.118. The Bertz CT molecular complexity index is 727. The van der Waals surface area contributed by atoms with Gasteiger partial charge in [-0.3, -0.25) is 0 Å². The molecule has 2 aromatic carbocycles. The van der Waals surface area contributed by atoms with E-state index in [1.54, 1.807) is 11.0 Å². The van der Waals surface area contributed by atoms with E-state index in [9.17, 15) is 0 Å². The van der Waals surface area contributed by atoms with Gasteiger partial charge in [-0.25, -0.2) is 0 Å². The number of nitrogens with zero attached hydrogens (tertiary/aromatic N) is 4. The van der Waals surface area contributed by atoms with Crippen LogP contribution >= 0.6 is 0 Å². The summed E-state index contributed by atoms with van der Waals surface area (Å²) in [7, 11) is 0. The van der Waals surface area contributed by atoms with Gasteiger partial charge >= 0.3 is 0 Å². The Morgan fingerprint density at radius 1 is 1.05 bits per heavy atom. The molecule has 21 heavy (non-hydrogen) atoms. The van der Waals surface area contributed by atoms with Crippen LogP contribution in [0.2, 0.25) is 0 Å². The third-order valence-corrected chi connectivity index (χ3v) is 3.28. The topological polar surface area (TPSA) is 43.1 Å². The highest BCUT2D eigenvalue weighted by Crippen LogP contribution is 2.15. The fourth-order valence-electron chi connectivity index (χ4n) is 2.06. The van der Waals surface area contributed by atoms with Crippen molar-refractivity contribution in [2.45, 2.75) is 13.3 Å². The molecule has 0 bridgehead atoms. The van der Waals surface area contributed by atoms with E-state index in [0.29, 0.717) is 0 Å². The van der Waals surface area contributed by atoms with Gasteiger partial charge in [-0.2, -0.15) is 9.78 Å². The number of hydrogen-bond donors (Lipinski definition) is 0. The average Bonchev–Trinajstić information content (AvgIpc) is 3.03. The molecule has 1 heterocycles. The maximum atomic E-state index is 4.43. The molecule has 0 fully saturated rings. The minimum absolute atomic E-state index is 0.733. The second kappa shape index (κ2) is 6.13. The Labute approximate surface area is 123 Å². The number of benzene rings is 2. The van der Waals surface area contributed by atoms with Crippen molar-refractivity contribution in [1.82, 2.24) is 14.9 Å². The van der Waals surface area contributed by atoms with Gasteiger partial charge in [0.2, 0.25) is 0 Å². The summed E-state index contributed by atoms with van der Waals surface area (Å²) in [6.45, 7) is 2.15. The van der Waals surface area contributed by atoms with Crippen molar-refractivity contribution in [3.8, 4) is 11.4 Å². The summed E-state index contributed by atoms with van der Waals surface area (Å²) < 4.78 is 1.68. The molecule has 0 aliphatic carbocycles. The summed E-state index contributed by atoms with van der Waals surface area (Å²) >= 11 is 0. The maximum absolute atomic E-state index is 4.43. The van der Waals surface area contributed by atoms with Gasteiger partial charge in [-0.1, -0.05) is 61.5 Å². The Morgan fingerprint density at radius 3 is 2.52 bits per heavy atom. The SMILES string of the molecule is CCc1ccc(/C=N\n2cnnc2-c2ccccc2)cc1. The predicted molar refractivity (Wildman–Crippen MR) is 84.3 cm³/mol. The Morgan fingerprint density at radius 2 is 1.81 bits per heavy atom. The minimum Gasteiger partial charge on any atom is -0.200 e. The molecule has 0 atom stereocenters. The lowest BCUT2D eigenvalue weighted by molar-refractivity contribution is 0.888. The fourth-order valence-corrected chi connectivity index (χ4v) is 2.06. The van der Waals surface area contributed by atoms with E-state index in [4.69, 9.17) is 0 Å². The van der Waals surface area contributed by atoms with Crippen molar-refractivity contribution in [1.29, 1.82) is 0 Å². The van der Waals surface area contributed by atoms with E-state index in [1.807, 2.05) is 36.5 Å². The Hall–Kier alpha value is -2.75. The van der Waals surface area contributed by atoms with Gasteiger partial charge < -0.3 is 0 Å². The summed E-state index contributed by atoms with van der Waals surface area (Å²) in [5.74, 6) is 0.733. The van der Waals surface area contributed by atoms with Gasteiger partial charge in [0.25, 0.3) is 0 Å². The van der Waals surface area contributed by atoms with Gasteiger partial charge in [0.1, 0.15) is 6.33 Å². The Kier molecular flexibility index (Phi) is 3.87. The highest BCUT2D eigenvalue weighted by atomic mass is 15.4. The molecule has 0 radical (unpaired) electrons. The molecule has 104 valence electrons. The molecule has 0 spiro atoms. The van der Waals surface area contributed by atoms with Gasteiger partial charge in [0, 0.05) is 5.56 Å². The zero-order valence-corrected chi connectivity index (χ0v) is 11.8. The van der Waals surface area contributed by atoms with Crippen molar-refractivity contribution < 1.29 is 0 Å². The molecule has 4 heteroatoms. The Balaban J connectivity index is 1.85. The van der Waals surface area contributed by atoms with E-state index in [2.05, 4.69) is 46.5 Å². The van der Waals surface area contributed by atoms with Crippen LogP contribution in [0.25, 0.3) is 11.4 Å². The zero-order valence-electron chi connectivity index (χ0n) is 11.8. The first-order chi connectivity index (χ1) is 10.4. The van der Waals surface area contributed by atoms with Gasteiger partial charge in [-0.05, 0) is 17.5 Å². The summed E-state index contributed by atoms with van der Waals surface area (Å²) in [6, 6.07) is 18.3. The maximum Gasteiger partial charge on any atom is 0.184 e. The number of aryl methyl sites for hydroxylation is 1. The quantitative estimate of drug-likeness (QED) is 0.685. The molecule has 3 rings (SSSR count). The second-order valence-electron chi connectivity index (χ2n) is 4.70. The summed E-state index contributed by atoms with van der Waals surface area (Å²) in [5.41, 5.74) is 3.37. The van der Waals surface area contributed by atoms with Crippen molar-refractivity contribution >= 4 is 6.21 Å². The molecule has 0 saturated heterocycles. The first-order valence-electron chi connectivity index (χ1n) is 6.95. The molecule has 0 aliphatic rings. The lowest BCUT2D eigenvalue weighted by Gasteiger charge is -2.00. The lowest BCUT2D eigenvalue weighted by Crippen LogP contribution is -1.93. The van der Waals surface area contributed by atoms with Crippen LogP contribution < -0.4 is 0 Å². The molecule has 0 aliphatic heterocycles. The summed E-state index contributed by atoms with van der Waals surface area (Å²) in [6.07, 6.45) is 4.47. The summed E-state index contributed by atoms with van der Waals surface area (Å²) in [4.78, 5) is 0. The number of rotatable bonds is 4. The van der Waals surface area contributed by atoms with Crippen LogP contribution in [0.1, 0.15) is 18.1 Å². The molecule has 0 amide bonds. The zero-order chi connectivity index (χ0) is 14.5. The number of hydrogen-bond acceptors (Lipinski definition) is 3. The van der Waals surface area contributed by atoms with Crippen molar-refractivity contribution in [2.24, 2.45) is 5.10 Å². The molecule has 0 N–H and O–H groups in total. The van der Waals surface area contributed by atoms with Gasteiger partial charge in [0.15, 0.2) is 5.82 Å². The van der Waals surface area contributed by atoms with Crippen LogP contribution in [0.3, 0.4) is 0 Å². The van der Waals surface area contributed by atoms with Crippen LogP contribution in [0, 0.1) is 0 Å². The minimum atomic E-state index is 0.733. The van der Waals surface area contributed by atoms with Gasteiger partial charge in [0.05, 0.1) is 6.21 Å². The molecule has 1 aromatic heterocycles. The van der Waals surface area contributed by atoms with Crippen LogP contribution in [0.15, 0.2) is 66.0 Å². The average molecular weight is 276 g/mol. The molecular weight excluding hydrogens is 260 g/mol. The van der Waals surface area contributed by atoms with E-state index in [-0.39, 0.29) is 0 Å². The second-order valence-corrected chi connectivity index (χ2v) is 4.70. The first-order valence-corrected chi connectivity index (χ1v) is 6.95. The first kappa shape index (κ1) is 13.2. The van der Waals surface area contributed by atoms with Crippen LogP contribution in [-0.4, -0.2) is 21.1 Å². The van der Waals surface area contributed by atoms with E-state index in [1.165, 1.54) is 5.56 Å². The highest BCUT2D eigenvalue weighted by molar-refractivity contribution is 5.79. The molecule has 4 nitrogen and oxygen atoms in total. The van der Waals surface area contributed by atoms with E-state index < -0.39 is 0 Å². The van der Waals surface area contributed by atoms with Crippen LogP contribution in [0.4, 0.5) is 0 Å².